The SMILES string of the molecule is CC(CC(O)c1ccco1)NC(=O)C1(c2cccc(Cl)c2)CC1. The van der Waals surface area contributed by atoms with Crippen molar-refractivity contribution < 1.29 is 14.3 Å². The molecule has 23 heavy (non-hydrogen) atoms. The van der Waals surface area contributed by atoms with Gasteiger partial charge in [0.15, 0.2) is 0 Å². The van der Waals surface area contributed by atoms with Crippen LogP contribution in [0.15, 0.2) is 47.1 Å². The number of carbonyl (C=O) groups excluding carboxylic acids is 1. The third-order valence-corrected chi connectivity index (χ3v) is 4.62. The Hall–Kier alpha value is -1.78. The highest BCUT2D eigenvalue weighted by atomic mass is 35.5. The zero-order valence-corrected chi connectivity index (χ0v) is 13.7. The van der Waals surface area contributed by atoms with Crippen LogP contribution in [-0.4, -0.2) is 17.1 Å². The van der Waals surface area contributed by atoms with E-state index in [4.69, 9.17) is 16.0 Å². The van der Waals surface area contributed by atoms with Crippen LogP contribution < -0.4 is 5.32 Å². The highest BCUT2D eigenvalue weighted by Gasteiger charge is 2.51. The number of carbonyl (C=O) groups is 1. The second-order valence-electron chi connectivity index (χ2n) is 6.23. The number of amides is 1. The maximum absolute atomic E-state index is 12.7. The smallest absolute Gasteiger partial charge is 0.230 e. The van der Waals surface area contributed by atoms with E-state index in [1.165, 1.54) is 6.26 Å². The van der Waals surface area contributed by atoms with Crippen LogP contribution in [0, 0.1) is 0 Å². The summed E-state index contributed by atoms with van der Waals surface area (Å²) in [6.07, 6.45) is 2.87. The summed E-state index contributed by atoms with van der Waals surface area (Å²) in [4.78, 5) is 12.7. The molecular weight excluding hydrogens is 314 g/mol. The number of nitrogens with one attached hydrogen (secondary N) is 1. The van der Waals surface area contributed by atoms with Crippen molar-refractivity contribution in [1.29, 1.82) is 0 Å². The fourth-order valence-corrected chi connectivity index (χ4v) is 3.10. The summed E-state index contributed by atoms with van der Waals surface area (Å²) in [5, 5.41) is 13.8. The summed E-state index contributed by atoms with van der Waals surface area (Å²) in [6.45, 7) is 1.89. The van der Waals surface area contributed by atoms with E-state index in [9.17, 15) is 9.90 Å². The van der Waals surface area contributed by atoms with E-state index in [1.54, 1.807) is 18.2 Å². The van der Waals surface area contributed by atoms with E-state index in [0.717, 1.165) is 18.4 Å². The van der Waals surface area contributed by atoms with Gasteiger partial charge in [-0.15, -0.1) is 0 Å². The molecule has 1 heterocycles. The molecule has 5 heteroatoms. The Morgan fingerprint density at radius 2 is 2.17 bits per heavy atom. The Labute approximate surface area is 140 Å². The average Bonchev–Trinajstić information content (AvgIpc) is 3.14. The van der Waals surface area contributed by atoms with Gasteiger partial charge < -0.3 is 14.8 Å². The number of furan rings is 1. The molecule has 2 atom stereocenters. The van der Waals surface area contributed by atoms with Gasteiger partial charge in [0, 0.05) is 17.5 Å². The zero-order valence-electron chi connectivity index (χ0n) is 13.0. The molecule has 1 amide bonds. The third kappa shape index (κ3) is 3.43. The number of hydrogen-bond donors (Lipinski definition) is 2. The first-order valence-electron chi connectivity index (χ1n) is 7.80. The van der Waals surface area contributed by atoms with Gasteiger partial charge in [-0.2, -0.15) is 0 Å². The number of benzene rings is 1. The number of rotatable bonds is 6. The number of aliphatic hydroxyl groups is 1. The van der Waals surface area contributed by atoms with Gasteiger partial charge in [0.1, 0.15) is 11.9 Å². The maximum atomic E-state index is 12.7. The molecule has 122 valence electrons. The Balaban J connectivity index is 1.62. The van der Waals surface area contributed by atoms with Gasteiger partial charge in [-0.3, -0.25) is 4.79 Å². The van der Waals surface area contributed by atoms with Crippen LogP contribution in [0.5, 0.6) is 0 Å². The number of hydrogen-bond acceptors (Lipinski definition) is 3. The molecule has 1 aliphatic rings. The average molecular weight is 334 g/mol. The van der Waals surface area contributed by atoms with Gasteiger partial charge in [0.25, 0.3) is 0 Å². The van der Waals surface area contributed by atoms with Crippen molar-refractivity contribution in [2.75, 3.05) is 0 Å². The Bertz CT molecular complexity index is 679. The highest BCUT2D eigenvalue weighted by Crippen LogP contribution is 2.49. The molecule has 1 aromatic carbocycles. The summed E-state index contributed by atoms with van der Waals surface area (Å²) in [5.41, 5.74) is 0.496. The van der Waals surface area contributed by atoms with Crippen LogP contribution >= 0.6 is 11.6 Å². The molecule has 0 spiro atoms. The third-order valence-electron chi connectivity index (χ3n) is 4.39. The van der Waals surface area contributed by atoms with Crippen LogP contribution in [-0.2, 0) is 10.2 Å². The molecule has 1 aromatic heterocycles. The van der Waals surface area contributed by atoms with E-state index < -0.39 is 11.5 Å². The number of aliphatic hydroxyl groups excluding tert-OH is 1. The summed E-state index contributed by atoms with van der Waals surface area (Å²) in [5.74, 6) is 0.515. The molecule has 2 unspecified atom stereocenters. The first-order chi connectivity index (χ1) is 11.0. The van der Waals surface area contributed by atoms with Crippen molar-refractivity contribution in [2.24, 2.45) is 0 Å². The second-order valence-corrected chi connectivity index (χ2v) is 6.67. The van der Waals surface area contributed by atoms with E-state index in [2.05, 4.69) is 5.32 Å². The molecule has 0 aliphatic heterocycles. The fraction of sp³-hybridized carbons (Fsp3) is 0.389. The monoisotopic (exact) mass is 333 g/mol. The predicted octanol–water partition coefficient (Wildman–Crippen LogP) is 3.59. The first kappa shape index (κ1) is 16.1. The molecule has 1 aliphatic carbocycles. The molecule has 2 N–H and O–H groups in total. The fourth-order valence-electron chi connectivity index (χ4n) is 2.91. The molecule has 1 fully saturated rings. The molecule has 4 nitrogen and oxygen atoms in total. The normalized spacial score (nSPS) is 18.2. The van der Waals surface area contributed by atoms with Gasteiger partial charge in [-0.25, -0.2) is 0 Å². The molecule has 0 bridgehead atoms. The highest BCUT2D eigenvalue weighted by molar-refractivity contribution is 6.30. The maximum Gasteiger partial charge on any atom is 0.230 e. The Kier molecular flexibility index (Phi) is 4.46. The minimum absolute atomic E-state index is 0.00101. The lowest BCUT2D eigenvalue weighted by atomic mass is 9.94. The van der Waals surface area contributed by atoms with Crippen LogP contribution in [0.1, 0.15) is 43.6 Å². The van der Waals surface area contributed by atoms with Gasteiger partial charge in [-0.05, 0) is 49.6 Å². The van der Waals surface area contributed by atoms with Gasteiger partial charge >= 0.3 is 0 Å². The number of halogens is 1. The van der Waals surface area contributed by atoms with Crippen molar-refractivity contribution in [3.05, 3.63) is 59.0 Å². The van der Waals surface area contributed by atoms with E-state index in [0.29, 0.717) is 17.2 Å². The van der Waals surface area contributed by atoms with Crippen LogP contribution in [0.2, 0.25) is 5.02 Å². The second kappa shape index (κ2) is 6.38. The Morgan fingerprint density at radius 3 is 2.78 bits per heavy atom. The van der Waals surface area contributed by atoms with E-state index in [1.807, 2.05) is 25.1 Å². The molecule has 2 aromatic rings. The lowest BCUT2D eigenvalue weighted by Gasteiger charge is -2.21. The van der Waals surface area contributed by atoms with Crippen molar-refractivity contribution in [3.63, 3.8) is 0 Å². The first-order valence-corrected chi connectivity index (χ1v) is 8.17. The van der Waals surface area contributed by atoms with Gasteiger partial charge in [0.2, 0.25) is 5.91 Å². The molecule has 0 radical (unpaired) electrons. The van der Waals surface area contributed by atoms with Crippen molar-refractivity contribution in [1.82, 2.24) is 5.32 Å². The zero-order chi connectivity index (χ0) is 16.4. The minimum Gasteiger partial charge on any atom is -0.467 e. The van der Waals surface area contributed by atoms with Gasteiger partial charge in [-0.1, -0.05) is 23.7 Å². The summed E-state index contributed by atoms with van der Waals surface area (Å²) in [6, 6.07) is 10.8. The predicted molar refractivity (Wildman–Crippen MR) is 88.3 cm³/mol. The van der Waals surface area contributed by atoms with Crippen molar-refractivity contribution >= 4 is 17.5 Å². The van der Waals surface area contributed by atoms with Crippen LogP contribution in [0.25, 0.3) is 0 Å². The quantitative estimate of drug-likeness (QED) is 0.849. The summed E-state index contributed by atoms with van der Waals surface area (Å²) in [7, 11) is 0. The lowest BCUT2D eigenvalue weighted by Crippen LogP contribution is -2.40. The molecule has 0 saturated heterocycles. The van der Waals surface area contributed by atoms with Crippen LogP contribution in [0.4, 0.5) is 0 Å². The molecular formula is C18H20ClNO3. The van der Waals surface area contributed by atoms with Gasteiger partial charge in [0.05, 0.1) is 11.7 Å². The Morgan fingerprint density at radius 1 is 1.39 bits per heavy atom. The summed E-state index contributed by atoms with van der Waals surface area (Å²) >= 11 is 6.04. The van der Waals surface area contributed by atoms with Crippen molar-refractivity contribution in [2.45, 2.75) is 43.7 Å². The molecule has 1 saturated carbocycles. The minimum atomic E-state index is -0.721. The van der Waals surface area contributed by atoms with Crippen LogP contribution in [0.3, 0.4) is 0 Å². The molecule has 3 rings (SSSR count). The standard InChI is InChI=1S/C18H20ClNO3/c1-12(10-15(21)16-6-3-9-23-16)20-17(22)18(7-8-18)13-4-2-5-14(19)11-13/h2-6,9,11-12,15,21H,7-8,10H2,1H3,(H,20,22). The van der Waals surface area contributed by atoms with Crippen molar-refractivity contribution in [3.8, 4) is 0 Å². The van der Waals surface area contributed by atoms with E-state index >= 15 is 0 Å². The van der Waals surface area contributed by atoms with E-state index in [-0.39, 0.29) is 11.9 Å². The topological polar surface area (TPSA) is 62.5 Å². The largest absolute Gasteiger partial charge is 0.467 e. The lowest BCUT2D eigenvalue weighted by molar-refractivity contribution is -0.124. The summed E-state index contributed by atoms with van der Waals surface area (Å²) < 4.78 is 5.19.